The van der Waals surface area contributed by atoms with Gasteiger partial charge in [-0.3, -0.25) is 0 Å². The number of aromatic nitrogens is 1. The van der Waals surface area contributed by atoms with E-state index in [1.165, 1.54) is 23.4 Å². The summed E-state index contributed by atoms with van der Waals surface area (Å²) < 4.78 is 5.56. The van der Waals surface area contributed by atoms with E-state index in [1.54, 1.807) is 11.3 Å². The molecular weight excluding hydrogens is 270 g/mol. The van der Waals surface area contributed by atoms with E-state index in [1.807, 2.05) is 0 Å². The van der Waals surface area contributed by atoms with Gasteiger partial charge >= 0.3 is 0 Å². The predicted octanol–water partition coefficient (Wildman–Crippen LogP) is 2.98. The molecule has 1 saturated heterocycles. The molecule has 1 fully saturated rings. The molecule has 114 valence electrons. The van der Waals surface area contributed by atoms with Gasteiger partial charge in [-0.15, -0.1) is 11.3 Å². The van der Waals surface area contributed by atoms with Crippen molar-refractivity contribution in [2.75, 3.05) is 31.7 Å². The normalized spacial score (nSPS) is 20.9. The summed E-state index contributed by atoms with van der Waals surface area (Å²) in [4.78, 5) is 8.35. The zero-order chi connectivity index (χ0) is 14.5. The number of hydrogen-bond donors (Lipinski definition) is 1. The molecule has 0 radical (unpaired) electrons. The molecule has 2 rings (SSSR count). The standard InChI is InChI=1S/C15H27N3OS/c1-4-11(2)14-13(8-16)20-15(17-14)18(3)9-12-6-5-7-19-10-12/h11-12H,4-10,16H2,1-3H3. The summed E-state index contributed by atoms with van der Waals surface area (Å²) in [6.07, 6.45) is 3.55. The summed E-state index contributed by atoms with van der Waals surface area (Å²) in [5.41, 5.74) is 7.07. The van der Waals surface area contributed by atoms with Crippen LogP contribution in [0.4, 0.5) is 5.13 Å². The molecule has 2 N–H and O–H groups in total. The number of nitrogens with zero attached hydrogens (tertiary/aromatic N) is 2. The smallest absolute Gasteiger partial charge is 0.185 e. The van der Waals surface area contributed by atoms with E-state index in [2.05, 4.69) is 25.8 Å². The summed E-state index contributed by atoms with van der Waals surface area (Å²) in [6, 6.07) is 0. The first kappa shape index (κ1) is 15.7. The van der Waals surface area contributed by atoms with E-state index >= 15 is 0 Å². The first-order valence-corrected chi connectivity index (χ1v) is 8.45. The molecule has 0 spiro atoms. The Morgan fingerprint density at radius 1 is 1.55 bits per heavy atom. The van der Waals surface area contributed by atoms with Crippen LogP contribution >= 0.6 is 11.3 Å². The summed E-state index contributed by atoms with van der Waals surface area (Å²) in [7, 11) is 2.13. The van der Waals surface area contributed by atoms with Crippen molar-refractivity contribution in [3.05, 3.63) is 10.6 Å². The summed E-state index contributed by atoms with van der Waals surface area (Å²) in [5.74, 6) is 1.12. The van der Waals surface area contributed by atoms with Crippen molar-refractivity contribution in [2.45, 2.75) is 45.6 Å². The van der Waals surface area contributed by atoms with Gasteiger partial charge in [-0.1, -0.05) is 13.8 Å². The number of hydrogen-bond acceptors (Lipinski definition) is 5. The highest BCUT2D eigenvalue weighted by molar-refractivity contribution is 7.15. The molecule has 20 heavy (non-hydrogen) atoms. The van der Waals surface area contributed by atoms with Gasteiger partial charge in [0.2, 0.25) is 0 Å². The third kappa shape index (κ3) is 3.71. The van der Waals surface area contributed by atoms with E-state index in [0.29, 0.717) is 18.4 Å². The van der Waals surface area contributed by atoms with Crippen molar-refractivity contribution >= 4 is 16.5 Å². The predicted molar refractivity (Wildman–Crippen MR) is 85.5 cm³/mol. The summed E-state index contributed by atoms with van der Waals surface area (Å²) >= 11 is 1.75. The second kappa shape index (κ2) is 7.38. The van der Waals surface area contributed by atoms with Crippen LogP contribution in [0.3, 0.4) is 0 Å². The van der Waals surface area contributed by atoms with Gasteiger partial charge in [0, 0.05) is 31.6 Å². The second-order valence-electron chi connectivity index (χ2n) is 5.78. The van der Waals surface area contributed by atoms with Crippen molar-refractivity contribution in [1.82, 2.24) is 4.98 Å². The second-order valence-corrected chi connectivity index (χ2v) is 6.84. The van der Waals surface area contributed by atoms with Crippen LogP contribution in [0.5, 0.6) is 0 Å². The van der Waals surface area contributed by atoms with Crippen LogP contribution in [0.15, 0.2) is 0 Å². The Balaban J connectivity index is 2.05. The van der Waals surface area contributed by atoms with E-state index in [4.69, 9.17) is 15.5 Å². The summed E-state index contributed by atoms with van der Waals surface area (Å²) in [5, 5.41) is 1.10. The third-order valence-electron chi connectivity index (χ3n) is 4.09. The quantitative estimate of drug-likeness (QED) is 0.877. The van der Waals surface area contributed by atoms with E-state index in [-0.39, 0.29) is 0 Å². The minimum absolute atomic E-state index is 0.491. The molecule has 2 unspecified atom stereocenters. The maximum absolute atomic E-state index is 5.87. The number of thiazole rings is 1. The van der Waals surface area contributed by atoms with Crippen molar-refractivity contribution < 1.29 is 4.74 Å². The average Bonchev–Trinajstić information content (AvgIpc) is 2.92. The van der Waals surface area contributed by atoms with Crippen molar-refractivity contribution in [3.8, 4) is 0 Å². The molecule has 2 atom stereocenters. The van der Waals surface area contributed by atoms with Gasteiger partial charge < -0.3 is 15.4 Å². The van der Waals surface area contributed by atoms with Crippen molar-refractivity contribution in [2.24, 2.45) is 11.7 Å². The van der Waals surface area contributed by atoms with Gasteiger partial charge in [0.1, 0.15) is 0 Å². The molecule has 0 saturated carbocycles. The van der Waals surface area contributed by atoms with Crippen LogP contribution in [-0.2, 0) is 11.3 Å². The van der Waals surface area contributed by atoms with Gasteiger partial charge in [0.25, 0.3) is 0 Å². The SMILES string of the molecule is CCC(C)c1nc(N(C)CC2CCCOC2)sc1CN. The Labute approximate surface area is 126 Å². The molecule has 1 aliphatic heterocycles. The van der Waals surface area contributed by atoms with Crippen LogP contribution < -0.4 is 10.6 Å². The summed E-state index contributed by atoms with van der Waals surface area (Å²) in [6.45, 7) is 7.86. The van der Waals surface area contributed by atoms with E-state index in [0.717, 1.165) is 31.3 Å². The molecule has 4 nitrogen and oxygen atoms in total. The minimum atomic E-state index is 0.491. The van der Waals surface area contributed by atoms with E-state index < -0.39 is 0 Å². The van der Waals surface area contributed by atoms with Crippen LogP contribution in [-0.4, -0.2) is 31.8 Å². The molecule has 0 aromatic carbocycles. The zero-order valence-corrected chi connectivity index (χ0v) is 13.7. The largest absolute Gasteiger partial charge is 0.381 e. The van der Waals surface area contributed by atoms with Crippen LogP contribution in [0, 0.1) is 5.92 Å². The lowest BCUT2D eigenvalue weighted by molar-refractivity contribution is 0.0576. The Bertz CT molecular complexity index is 415. The topological polar surface area (TPSA) is 51.4 Å². The molecule has 1 aromatic heterocycles. The fraction of sp³-hybridized carbons (Fsp3) is 0.800. The van der Waals surface area contributed by atoms with Gasteiger partial charge in [-0.25, -0.2) is 4.98 Å². The fourth-order valence-corrected chi connectivity index (χ4v) is 3.68. The maximum Gasteiger partial charge on any atom is 0.185 e. The van der Waals surface area contributed by atoms with Gasteiger partial charge in [0.15, 0.2) is 5.13 Å². The van der Waals surface area contributed by atoms with Crippen LogP contribution in [0.2, 0.25) is 0 Å². The van der Waals surface area contributed by atoms with Gasteiger partial charge in [-0.2, -0.15) is 0 Å². The maximum atomic E-state index is 5.87. The number of anilines is 1. The highest BCUT2D eigenvalue weighted by Crippen LogP contribution is 2.32. The van der Waals surface area contributed by atoms with Gasteiger partial charge in [0.05, 0.1) is 12.3 Å². The minimum Gasteiger partial charge on any atom is -0.381 e. The Kier molecular flexibility index (Phi) is 5.81. The first-order chi connectivity index (χ1) is 9.65. The Morgan fingerprint density at radius 2 is 2.35 bits per heavy atom. The van der Waals surface area contributed by atoms with Gasteiger partial charge in [-0.05, 0) is 31.1 Å². The van der Waals surface area contributed by atoms with Crippen molar-refractivity contribution in [1.29, 1.82) is 0 Å². The lowest BCUT2D eigenvalue weighted by atomic mass is 10.0. The lowest BCUT2D eigenvalue weighted by Crippen LogP contribution is -2.30. The highest BCUT2D eigenvalue weighted by atomic mass is 32.1. The van der Waals surface area contributed by atoms with Crippen LogP contribution in [0.1, 0.15) is 49.6 Å². The molecule has 0 amide bonds. The van der Waals surface area contributed by atoms with Crippen LogP contribution in [0.25, 0.3) is 0 Å². The third-order valence-corrected chi connectivity index (χ3v) is 5.30. The number of nitrogens with two attached hydrogens (primary N) is 1. The molecule has 5 heteroatoms. The molecule has 1 aliphatic rings. The number of rotatable bonds is 6. The van der Waals surface area contributed by atoms with Crippen molar-refractivity contribution in [3.63, 3.8) is 0 Å². The molecule has 2 heterocycles. The average molecular weight is 297 g/mol. The Morgan fingerprint density at radius 3 is 2.95 bits per heavy atom. The highest BCUT2D eigenvalue weighted by Gasteiger charge is 2.20. The molecular formula is C15H27N3OS. The monoisotopic (exact) mass is 297 g/mol. The lowest BCUT2D eigenvalue weighted by Gasteiger charge is -2.26. The van der Waals surface area contributed by atoms with E-state index in [9.17, 15) is 0 Å². The number of ether oxygens (including phenoxy) is 1. The zero-order valence-electron chi connectivity index (χ0n) is 12.9. The Hall–Kier alpha value is -0.650. The first-order valence-electron chi connectivity index (χ1n) is 7.64. The molecule has 0 aliphatic carbocycles. The molecule has 1 aromatic rings. The fourth-order valence-electron chi connectivity index (χ4n) is 2.66. The molecule has 0 bridgehead atoms.